The fourth-order valence-electron chi connectivity index (χ4n) is 1.44. The predicted octanol–water partition coefficient (Wildman–Crippen LogP) is 3.15. The van der Waals surface area contributed by atoms with E-state index in [1.807, 2.05) is 30.3 Å². The summed E-state index contributed by atoms with van der Waals surface area (Å²) in [4.78, 5) is 11.3. The van der Waals surface area contributed by atoms with E-state index in [0.29, 0.717) is 5.56 Å². The molecule has 2 aromatic carbocycles. The van der Waals surface area contributed by atoms with Crippen molar-refractivity contribution in [3.63, 3.8) is 0 Å². The summed E-state index contributed by atoms with van der Waals surface area (Å²) in [6.07, 6.45) is 0. The van der Waals surface area contributed by atoms with Crippen LogP contribution < -0.4 is 0 Å². The minimum absolute atomic E-state index is 0.484. The third-order valence-corrected chi connectivity index (χ3v) is 2.22. The molecule has 0 aromatic heterocycles. The molecule has 0 heterocycles. The van der Waals surface area contributed by atoms with Gasteiger partial charge in [0.1, 0.15) is 11.9 Å². The summed E-state index contributed by atoms with van der Waals surface area (Å²) in [5.41, 5.74) is 0.484. The van der Waals surface area contributed by atoms with Gasteiger partial charge in [0, 0.05) is 0 Å². The Morgan fingerprint density at radius 1 is 1.07 bits per heavy atom. The van der Waals surface area contributed by atoms with E-state index in [4.69, 9.17) is 11.9 Å². The summed E-state index contributed by atoms with van der Waals surface area (Å²) in [5.74, 6) is -0.525. The molecule has 0 unspecified atom stereocenters. The quantitative estimate of drug-likeness (QED) is 0.717. The molecule has 0 N–H and O–H groups in total. The lowest BCUT2D eigenvalue weighted by molar-refractivity contribution is 0.0753. The van der Waals surface area contributed by atoms with Crippen LogP contribution in [0.15, 0.2) is 42.5 Å². The third-order valence-electron chi connectivity index (χ3n) is 2.08. The smallest absolute Gasteiger partial charge is 0.343 e. The van der Waals surface area contributed by atoms with Crippen LogP contribution in [0.4, 0.5) is 0 Å². The highest BCUT2D eigenvalue weighted by molar-refractivity contribution is 6.18. The first-order valence-corrected chi connectivity index (χ1v) is 4.44. The molecule has 14 heavy (non-hydrogen) atoms. The second kappa shape index (κ2) is 3.68. The molecule has 0 radical (unpaired) electrons. The second-order valence-electron chi connectivity index (χ2n) is 2.89. The molecule has 0 aliphatic carbocycles. The molecule has 2 rings (SSSR count). The zero-order chi connectivity index (χ0) is 9.97. The average molecular weight is 207 g/mol. The highest BCUT2D eigenvalue weighted by Crippen LogP contribution is 2.19. The standard InChI is InChI=1S/C11H7ClO2/c12-14-11(13)10-7-3-5-8-4-1-2-6-9(8)10/h1-7H. The van der Waals surface area contributed by atoms with Crippen LogP contribution in [0, 0.1) is 0 Å². The Labute approximate surface area is 86.2 Å². The molecule has 0 aliphatic rings. The number of carbonyl (C=O) groups is 1. The zero-order valence-electron chi connectivity index (χ0n) is 7.24. The lowest BCUT2D eigenvalue weighted by Crippen LogP contribution is -1.98. The number of carbonyl (C=O) groups excluding carboxylic acids is 1. The molecule has 0 bridgehead atoms. The van der Waals surface area contributed by atoms with Gasteiger partial charge in [0.2, 0.25) is 0 Å². The van der Waals surface area contributed by atoms with Crippen molar-refractivity contribution >= 4 is 28.6 Å². The van der Waals surface area contributed by atoms with Crippen LogP contribution in [0.3, 0.4) is 0 Å². The van der Waals surface area contributed by atoms with E-state index in [9.17, 15) is 4.79 Å². The third kappa shape index (κ3) is 1.44. The average Bonchev–Trinajstić information content (AvgIpc) is 2.27. The molecular formula is C11H7ClO2. The van der Waals surface area contributed by atoms with Crippen LogP contribution in [0.2, 0.25) is 0 Å². The molecule has 0 atom stereocenters. The first kappa shape index (κ1) is 9.03. The predicted molar refractivity (Wildman–Crippen MR) is 55.2 cm³/mol. The topological polar surface area (TPSA) is 26.3 Å². The molecule has 2 aromatic rings. The van der Waals surface area contributed by atoms with Gasteiger partial charge in [-0.3, -0.25) is 0 Å². The Bertz CT molecular complexity index is 474. The first-order valence-electron chi connectivity index (χ1n) is 4.13. The van der Waals surface area contributed by atoms with Gasteiger partial charge >= 0.3 is 5.97 Å². The summed E-state index contributed by atoms with van der Waals surface area (Å²) in [7, 11) is 0. The Morgan fingerprint density at radius 2 is 1.79 bits per heavy atom. The molecule has 2 nitrogen and oxygen atoms in total. The molecule has 0 saturated carbocycles. The maximum atomic E-state index is 11.3. The van der Waals surface area contributed by atoms with Crippen molar-refractivity contribution in [1.82, 2.24) is 0 Å². The van der Waals surface area contributed by atoms with Crippen molar-refractivity contribution in [3.8, 4) is 0 Å². The molecule has 0 aliphatic heterocycles. The molecule has 0 saturated heterocycles. The maximum Gasteiger partial charge on any atom is 0.356 e. The number of benzene rings is 2. The van der Waals surface area contributed by atoms with Gasteiger partial charge in [-0.1, -0.05) is 36.4 Å². The fraction of sp³-hybridized carbons (Fsp3) is 0. The lowest BCUT2D eigenvalue weighted by Gasteiger charge is -2.01. The minimum Gasteiger partial charge on any atom is -0.343 e. The normalized spacial score (nSPS) is 10.1. The van der Waals surface area contributed by atoms with E-state index in [-0.39, 0.29) is 0 Å². The molecule has 0 amide bonds. The van der Waals surface area contributed by atoms with Gasteiger partial charge in [0.25, 0.3) is 0 Å². The van der Waals surface area contributed by atoms with Crippen molar-refractivity contribution < 1.29 is 9.08 Å². The van der Waals surface area contributed by atoms with Crippen molar-refractivity contribution in [2.45, 2.75) is 0 Å². The summed E-state index contributed by atoms with van der Waals surface area (Å²) >= 11 is 5.04. The number of rotatable bonds is 1. The van der Waals surface area contributed by atoms with Gasteiger partial charge in [-0.05, 0) is 16.8 Å². The van der Waals surface area contributed by atoms with Crippen LogP contribution in [-0.4, -0.2) is 5.97 Å². The minimum atomic E-state index is -0.525. The number of halogens is 1. The summed E-state index contributed by atoms with van der Waals surface area (Å²) in [5, 5.41) is 1.84. The van der Waals surface area contributed by atoms with E-state index in [1.54, 1.807) is 12.1 Å². The Balaban J connectivity index is 2.71. The van der Waals surface area contributed by atoms with Gasteiger partial charge in [0.15, 0.2) is 0 Å². The Kier molecular flexibility index (Phi) is 2.37. The van der Waals surface area contributed by atoms with Crippen LogP contribution in [-0.2, 0) is 4.29 Å². The second-order valence-corrected chi connectivity index (χ2v) is 3.05. The van der Waals surface area contributed by atoms with Gasteiger partial charge in [-0.25, -0.2) is 4.79 Å². The SMILES string of the molecule is O=C(OCl)c1cccc2ccccc12. The van der Waals surface area contributed by atoms with E-state index >= 15 is 0 Å². The van der Waals surface area contributed by atoms with Gasteiger partial charge in [-0.15, -0.1) is 0 Å². The van der Waals surface area contributed by atoms with Crippen LogP contribution in [0.25, 0.3) is 10.8 Å². The van der Waals surface area contributed by atoms with E-state index in [0.717, 1.165) is 10.8 Å². The van der Waals surface area contributed by atoms with Crippen LogP contribution >= 0.6 is 11.9 Å². The van der Waals surface area contributed by atoms with Gasteiger partial charge in [0.05, 0.1) is 5.56 Å². The summed E-state index contributed by atoms with van der Waals surface area (Å²) < 4.78 is 4.18. The van der Waals surface area contributed by atoms with E-state index in [1.165, 1.54) is 0 Å². The van der Waals surface area contributed by atoms with Crippen molar-refractivity contribution in [2.24, 2.45) is 0 Å². The Morgan fingerprint density at radius 3 is 2.57 bits per heavy atom. The maximum absolute atomic E-state index is 11.3. The Hall–Kier alpha value is -1.54. The number of hydrogen-bond donors (Lipinski definition) is 0. The highest BCUT2D eigenvalue weighted by atomic mass is 35.5. The van der Waals surface area contributed by atoms with E-state index in [2.05, 4.69) is 4.29 Å². The monoisotopic (exact) mass is 206 g/mol. The molecule has 3 heteroatoms. The molecular weight excluding hydrogens is 200 g/mol. The molecule has 0 fully saturated rings. The van der Waals surface area contributed by atoms with Crippen LogP contribution in [0.5, 0.6) is 0 Å². The summed E-state index contributed by atoms with van der Waals surface area (Å²) in [6, 6.07) is 13.0. The van der Waals surface area contributed by atoms with Gasteiger partial charge < -0.3 is 4.29 Å². The first-order chi connectivity index (χ1) is 6.83. The lowest BCUT2D eigenvalue weighted by atomic mass is 10.1. The van der Waals surface area contributed by atoms with Gasteiger partial charge in [-0.2, -0.15) is 0 Å². The number of fused-ring (bicyclic) bond motifs is 1. The molecule has 70 valence electrons. The molecule has 0 spiro atoms. The fourth-order valence-corrected chi connectivity index (χ4v) is 1.53. The van der Waals surface area contributed by atoms with E-state index < -0.39 is 5.97 Å². The van der Waals surface area contributed by atoms with Crippen molar-refractivity contribution in [2.75, 3.05) is 0 Å². The largest absolute Gasteiger partial charge is 0.356 e. The highest BCUT2D eigenvalue weighted by Gasteiger charge is 2.09. The zero-order valence-corrected chi connectivity index (χ0v) is 7.99. The van der Waals surface area contributed by atoms with Crippen LogP contribution in [0.1, 0.15) is 10.4 Å². The van der Waals surface area contributed by atoms with Crippen molar-refractivity contribution in [3.05, 3.63) is 48.0 Å². The summed E-state index contributed by atoms with van der Waals surface area (Å²) in [6.45, 7) is 0. The number of hydrogen-bond acceptors (Lipinski definition) is 2. The van der Waals surface area contributed by atoms with Crippen molar-refractivity contribution in [1.29, 1.82) is 0 Å².